The van der Waals surface area contributed by atoms with E-state index in [0.29, 0.717) is 11.4 Å². The van der Waals surface area contributed by atoms with Gasteiger partial charge in [-0.25, -0.2) is 4.79 Å². The summed E-state index contributed by atoms with van der Waals surface area (Å²) < 4.78 is 48.5. The number of benzene rings is 3. The Bertz CT molecular complexity index is 1520. The van der Waals surface area contributed by atoms with Gasteiger partial charge in [0.1, 0.15) is 11.4 Å². The molecule has 0 saturated heterocycles. The summed E-state index contributed by atoms with van der Waals surface area (Å²) in [5.74, 6) is -1.55. The number of carboxylic acids is 1. The first-order valence-electron chi connectivity index (χ1n) is 11.4. The minimum atomic E-state index is -4.60. The number of amides is 1. The van der Waals surface area contributed by atoms with E-state index in [1.807, 2.05) is 6.07 Å². The van der Waals surface area contributed by atoms with Crippen molar-refractivity contribution in [1.29, 1.82) is 0 Å². The number of hydrogen-bond donors (Lipinski definition) is 1. The fourth-order valence-corrected chi connectivity index (χ4v) is 4.78. The normalized spacial score (nSPS) is 12.9. The van der Waals surface area contributed by atoms with E-state index in [9.17, 15) is 27.9 Å². The second kappa shape index (κ2) is 9.16. The van der Waals surface area contributed by atoms with Gasteiger partial charge in [-0.05, 0) is 41.5 Å². The van der Waals surface area contributed by atoms with Crippen molar-refractivity contribution in [2.45, 2.75) is 19.3 Å². The highest BCUT2D eigenvalue weighted by atomic mass is 19.4. The number of methoxy groups -OCH3 is 1. The third kappa shape index (κ3) is 4.22. The maximum absolute atomic E-state index is 14.0. The van der Waals surface area contributed by atoms with Gasteiger partial charge >= 0.3 is 12.1 Å². The van der Waals surface area contributed by atoms with Gasteiger partial charge in [-0.1, -0.05) is 48.5 Å². The van der Waals surface area contributed by atoms with Crippen molar-refractivity contribution in [3.63, 3.8) is 0 Å². The number of para-hydroxylation sites is 2. The average Bonchev–Trinajstić information content (AvgIpc) is 3.21. The highest BCUT2D eigenvalue weighted by molar-refractivity contribution is 6.09. The number of halogens is 3. The number of carbonyl (C=O) groups excluding carboxylic acids is 1. The molecule has 1 aromatic heterocycles. The molecule has 0 saturated carbocycles. The Labute approximate surface area is 210 Å². The highest BCUT2D eigenvalue weighted by Crippen LogP contribution is 2.42. The molecule has 0 unspecified atom stereocenters. The maximum Gasteiger partial charge on any atom is 0.417 e. The molecule has 0 atom stereocenters. The summed E-state index contributed by atoms with van der Waals surface area (Å²) in [4.78, 5) is 27.3. The van der Waals surface area contributed by atoms with Crippen molar-refractivity contribution < 1.29 is 32.6 Å². The van der Waals surface area contributed by atoms with Crippen LogP contribution < -0.4 is 9.64 Å². The van der Waals surface area contributed by atoms with Crippen molar-refractivity contribution in [3.8, 4) is 16.9 Å². The van der Waals surface area contributed by atoms with Gasteiger partial charge in [0.25, 0.3) is 5.91 Å². The number of fused-ring (bicyclic) bond motifs is 2. The third-order valence-electron chi connectivity index (χ3n) is 6.44. The van der Waals surface area contributed by atoms with Gasteiger partial charge < -0.3 is 19.3 Å². The Balaban J connectivity index is 1.65. The van der Waals surface area contributed by atoms with Gasteiger partial charge in [-0.3, -0.25) is 4.79 Å². The van der Waals surface area contributed by atoms with Gasteiger partial charge in [-0.15, -0.1) is 0 Å². The molecule has 1 amide bonds. The van der Waals surface area contributed by atoms with Crippen LogP contribution in [0.2, 0.25) is 0 Å². The molecule has 0 spiro atoms. The van der Waals surface area contributed by atoms with Crippen LogP contribution in [0.4, 0.5) is 18.9 Å². The molecule has 37 heavy (non-hydrogen) atoms. The molecule has 1 N–H and O–H groups in total. The lowest BCUT2D eigenvalue weighted by atomic mass is 9.96. The lowest BCUT2D eigenvalue weighted by molar-refractivity contribution is -0.137. The van der Waals surface area contributed by atoms with E-state index in [1.165, 1.54) is 54.5 Å². The van der Waals surface area contributed by atoms with E-state index in [4.69, 9.17) is 4.74 Å². The maximum atomic E-state index is 14.0. The zero-order valence-corrected chi connectivity index (χ0v) is 19.6. The molecule has 5 rings (SSSR count). The van der Waals surface area contributed by atoms with E-state index in [2.05, 4.69) is 0 Å². The number of anilines is 1. The number of alkyl halides is 3. The number of rotatable bonds is 4. The first kappa shape index (κ1) is 24.2. The molecule has 1 aliphatic heterocycles. The summed E-state index contributed by atoms with van der Waals surface area (Å²) in [5, 5.41) is 9.61. The summed E-state index contributed by atoms with van der Waals surface area (Å²) in [5.41, 5.74) is 1.31. The van der Waals surface area contributed by atoms with Crippen LogP contribution in [-0.2, 0) is 19.3 Å². The topological polar surface area (TPSA) is 71.8 Å². The molecule has 0 aliphatic carbocycles. The first-order valence-corrected chi connectivity index (χ1v) is 11.4. The Hall–Kier alpha value is -4.53. The fourth-order valence-electron chi connectivity index (χ4n) is 4.78. The van der Waals surface area contributed by atoms with Crippen LogP contribution >= 0.6 is 0 Å². The Morgan fingerprint density at radius 1 is 0.865 bits per heavy atom. The molecule has 188 valence electrons. The number of carboxylic acid groups (broad SMARTS) is 1. The molecule has 4 aromatic rings. The number of hydrogen-bond acceptors (Lipinski definition) is 3. The van der Waals surface area contributed by atoms with E-state index >= 15 is 0 Å². The second-order valence-corrected chi connectivity index (χ2v) is 8.55. The quantitative estimate of drug-likeness (QED) is 0.364. The van der Waals surface area contributed by atoms with Crippen molar-refractivity contribution >= 4 is 17.6 Å². The Kier molecular flexibility index (Phi) is 5.99. The molecular formula is C28H21F3N2O4. The van der Waals surface area contributed by atoms with Crippen molar-refractivity contribution in [3.05, 3.63) is 107 Å². The van der Waals surface area contributed by atoms with Crippen LogP contribution in [0.3, 0.4) is 0 Å². The number of aromatic nitrogens is 1. The monoisotopic (exact) mass is 506 g/mol. The zero-order chi connectivity index (χ0) is 26.3. The van der Waals surface area contributed by atoms with E-state index in [1.54, 1.807) is 28.8 Å². The minimum Gasteiger partial charge on any atom is -0.495 e. The van der Waals surface area contributed by atoms with Gasteiger partial charge in [0.2, 0.25) is 0 Å². The molecule has 0 radical (unpaired) electrons. The molecule has 6 nitrogen and oxygen atoms in total. The average molecular weight is 506 g/mol. The van der Waals surface area contributed by atoms with Crippen molar-refractivity contribution in [2.75, 3.05) is 12.0 Å². The molecular weight excluding hydrogens is 485 g/mol. The summed E-state index contributed by atoms with van der Waals surface area (Å²) in [6.07, 6.45) is -4.60. The Morgan fingerprint density at radius 2 is 1.57 bits per heavy atom. The molecule has 0 fully saturated rings. The zero-order valence-electron chi connectivity index (χ0n) is 19.6. The van der Waals surface area contributed by atoms with E-state index in [-0.39, 0.29) is 41.2 Å². The second-order valence-electron chi connectivity index (χ2n) is 8.55. The lowest BCUT2D eigenvalue weighted by Crippen LogP contribution is -2.31. The fraction of sp³-hybridized carbons (Fsp3) is 0.143. The van der Waals surface area contributed by atoms with Crippen LogP contribution in [0.15, 0.2) is 78.9 Å². The van der Waals surface area contributed by atoms with Crippen LogP contribution in [0.1, 0.15) is 37.7 Å². The summed E-state index contributed by atoms with van der Waals surface area (Å²) in [6.45, 7) is 0.315. The largest absolute Gasteiger partial charge is 0.495 e. The third-order valence-corrected chi connectivity index (χ3v) is 6.44. The predicted octanol–water partition coefficient (Wildman–Crippen LogP) is 6.09. The van der Waals surface area contributed by atoms with Gasteiger partial charge in [0.15, 0.2) is 0 Å². The predicted molar refractivity (Wildman–Crippen MR) is 131 cm³/mol. The SMILES string of the molecule is COc1c(C(=O)N2Cc3ccc(C(=O)O)n3Cc3ccccc32)cccc1-c1ccccc1C(F)(F)F. The molecule has 9 heteroatoms. The van der Waals surface area contributed by atoms with Gasteiger partial charge in [0.05, 0.1) is 31.3 Å². The van der Waals surface area contributed by atoms with Crippen LogP contribution in [0.25, 0.3) is 11.1 Å². The minimum absolute atomic E-state index is 0.0209. The van der Waals surface area contributed by atoms with E-state index < -0.39 is 23.6 Å². The summed E-state index contributed by atoms with van der Waals surface area (Å²) >= 11 is 0. The number of carbonyl (C=O) groups is 2. The number of nitrogens with zero attached hydrogens (tertiary/aromatic N) is 2. The molecule has 2 heterocycles. The highest BCUT2D eigenvalue weighted by Gasteiger charge is 2.35. The van der Waals surface area contributed by atoms with Crippen LogP contribution in [0, 0.1) is 0 Å². The van der Waals surface area contributed by atoms with Crippen molar-refractivity contribution in [2.24, 2.45) is 0 Å². The number of aromatic carboxylic acids is 1. The summed E-state index contributed by atoms with van der Waals surface area (Å²) in [6, 6.07) is 19.9. The molecule has 0 bridgehead atoms. The smallest absolute Gasteiger partial charge is 0.417 e. The Morgan fingerprint density at radius 3 is 2.30 bits per heavy atom. The molecule has 1 aliphatic rings. The van der Waals surface area contributed by atoms with Crippen LogP contribution in [0.5, 0.6) is 5.75 Å². The molecule has 3 aromatic carbocycles. The van der Waals surface area contributed by atoms with Gasteiger partial charge in [-0.2, -0.15) is 13.2 Å². The van der Waals surface area contributed by atoms with Gasteiger partial charge in [0, 0.05) is 16.9 Å². The lowest BCUT2D eigenvalue weighted by Gasteiger charge is -2.24. The number of ether oxygens (including phenoxy) is 1. The van der Waals surface area contributed by atoms with E-state index in [0.717, 1.165) is 11.6 Å². The summed E-state index contributed by atoms with van der Waals surface area (Å²) in [7, 11) is 1.31. The standard InChI is InChI=1S/C28H21F3N2O4/c1-37-25-20(19-8-3-4-11-22(19)28(29,30)31)9-6-10-21(25)26(34)33-16-18-13-14-24(27(35)36)32(18)15-17-7-2-5-12-23(17)33/h2-14H,15-16H2,1H3,(H,35,36). The van der Waals surface area contributed by atoms with Crippen LogP contribution in [-0.4, -0.2) is 28.7 Å². The first-order chi connectivity index (χ1) is 17.7. The van der Waals surface area contributed by atoms with Crippen molar-refractivity contribution in [1.82, 2.24) is 4.57 Å².